The van der Waals surface area contributed by atoms with Crippen molar-refractivity contribution in [1.29, 1.82) is 0 Å². The predicted molar refractivity (Wildman–Crippen MR) is 125 cm³/mol. The Hall–Kier alpha value is -1.51. The van der Waals surface area contributed by atoms with Gasteiger partial charge in [-0.15, -0.1) is 0 Å². The molecule has 156 valence electrons. The van der Waals surface area contributed by atoms with Gasteiger partial charge in [-0.05, 0) is 58.4 Å². The molecule has 0 fully saturated rings. The quantitative estimate of drug-likeness (QED) is 0.204. The van der Waals surface area contributed by atoms with Crippen molar-refractivity contribution in [3.05, 3.63) is 64.7 Å². The minimum atomic E-state index is 0.621. The van der Waals surface area contributed by atoms with Gasteiger partial charge in [0, 0.05) is 0 Å². The third-order valence-corrected chi connectivity index (χ3v) is 6.51. The number of hydrogen-bond donors (Lipinski definition) is 0. The molecule has 0 spiro atoms. The molecule has 3 aromatic rings. The molecule has 0 N–H and O–H groups in total. The maximum Gasteiger partial charge on any atom is 0.255 e. The van der Waals surface area contributed by atoms with Crippen LogP contribution in [0.4, 0.5) is 0 Å². The van der Waals surface area contributed by atoms with E-state index in [0.29, 0.717) is 10.3 Å². The Morgan fingerprint density at radius 2 is 1.45 bits per heavy atom. The first-order valence-corrected chi connectivity index (χ1v) is 11.9. The average Bonchev–Trinajstić information content (AvgIpc) is 3.00. The van der Waals surface area contributed by atoms with E-state index in [-0.39, 0.29) is 0 Å². The Morgan fingerprint density at radius 3 is 2.17 bits per heavy atom. The first-order chi connectivity index (χ1) is 14.2. The van der Waals surface area contributed by atoms with Crippen LogP contribution in [0, 0.1) is 0 Å². The number of rotatable bonds is 12. The van der Waals surface area contributed by atoms with Gasteiger partial charge in [0.2, 0.25) is 6.33 Å². The van der Waals surface area contributed by atoms with E-state index in [9.17, 15) is 0 Å². The second-order valence-electron chi connectivity index (χ2n) is 8.03. The molecule has 0 unspecified atom stereocenters. The number of imidazole rings is 1. The number of unbranched alkanes of at least 4 members (excludes halogenated alkanes) is 8. The highest BCUT2D eigenvalue weighted by Crippen LogP contribution is 2.21. The van der Waals surface area contributed by atoms with Gasteiger partial charge in [-0.3, -0.25) is 0 Å². The maximum atomic E-state index is 6.52. The molecule has 3 rings (SSSR count). The van der Waals surface area contributed by atoms with Crippen molar-refractivity contribution in [2.75, 3.05) is 0 Å². The van der Waals surface area contributed by atoms with Gasteiger partial charge in [0.25, 0.3) is 10.3 Å². The molecule has 0 bridgehead atoms. The average molecular weight is 432 g/mol. The topological polar surface area (TPSA) is 8.81 Å². The highest BCUT2D eigenvalue weighted by atomic mass is 35.5. The van der Waals surface area contributed by atoms with Gasteiger partial charge in [0.05, 0.1) is 6.54 Å². The minimum Gasteiger partial charge on any atom is -0.219 e. The van der Waals surface area contributed by atoms with E-state index >= 15 is 0 Å². The van der Waals surface area contributed by atoms with Gasteiger partial charge in [-0.25, -0.2) is 9.13 Å². The highest BCUT2D eigenvalue weighted by molar-refractivity contribution is 6.39. The van der Waals surface area contributed by atoms with Gasteiger partial charge in [0.1, 0.15) is 6.54 Å². The van der Waals surface area contributed by atoms with Crippen LogP contribution in [-0.4, -0.2) is 4.57 Å². The SMILES string of the molecule is CCCCCCCCCCCn1c[n+](Cc2ccc3ccccc3c2)c(Cl)c1Cl. The Bertz CT molecular complexity index is 901. The Morgan fingerprint density at radius 1 is 0.793 bits per heavy atom. The number of hydrogen-bond acceptors (Lipinski definition) is 0. The summed E-state index contributed by atoms with van der Waals surface area (Å²) in [5.74, 6) is 0. The summed E-state index contributed by atoms with van der Waals surface area (Å²) in [7, 11) is 0. The van der Waals surface area contributed by atoms with E-state index < -0.39 is 0 Å². The van der Waals surface area contributed by atoms with E-state index in [1.807, 2.05) is 4.57 Å². The second-order valence-corrected chi connectivity index (χ2v) is 8.74. The first-order valence-electron chi connectivity index (χ1n) is 11.1. The van der Waals surface area contributed by atoms with Crippen LogP contribution >= 0.6 is 23.2 Å². The van der Waals surface area contributed by atoms with E-state index in [1.165, 1.54) is 67.7 Å². The van der Waals surface area contributed by atoms with Crippen molar-refractivity contribution < 1.29 is 4.57 Å². The number of aromatic nitrogens is 2. The van der Waals surface area contributed by atoms with Crippen molar-refractivity contribution in [3.63, 3.8) is 0 Å². The smallest absolute Gasteiger partial charge is 0.219 e. The molecule has 0 atom stereocenters. The normalized spacial score (nSPS) is 11.4. The molecular formula is C25H33Cl2N2+. The monoisotopic (exact) mass is 431 g/mol. The van der Waals surface area contributed by atoms with E-state index in [2.05, 4.69) is 60.3 Å². The summed E-state index contributed by atoms with van der Waals surface area (Å²) in [5.41, 5.74) is 1.23. The van der Waals surface area contributed by atoms with Crippen LogP contribution in [0.15, 0.2) is 48.8 Å². The van der Waals surface area contributed by atoms with Crippen LogP contribution in [-0.2, 0) is 13.1 Å². The number of aryl methyl sites for hydroxylation is 1. The number of nitrogens with zero attached hydrogens (tertiary/aromatic N) is 2. The lowest BCUT2D eigenvalue weighted by atomic mass is 10.1. The zero-order valence-electron chi connectivity index (χ0n) is 17.5. The third kappa shape index (κ3) is 6.49. The van der Waals surface area contributed by atoms with Gasteiger partial charge in [-0.1, -0.05) is 88.3 Å². The van der Waals surface area contributed by atoms with Crippen molar-refractivity contribution in [2.45, 2.75) is 77.8 Å². The molecular weight excluding hydrogens is 399 g/mol. The van der Waals surface area contributed by atoms with E-state index in [1.54, 1.807) is 0 Å². The second kappa shape index (κ2) is 11.6. The fraction of sp³-hybridized carbons (Fsp3) is 0.480. The lowest BCUT2D eigenvalue weighted by Gasteiger charge is -2.02. The van der Waals surface area contributed by atoms with Crippen LogP contribution < -0.4 is 4.57 Å². The van der Waals surface area contributed by atoms with Gasteiger partial charge >= 0.3 is 0 Å². The molecule has 0 amide bonds. The first kappa shape index (κ1) is 22.2. The molecule has 2 aromatic carbocycles. The summed E-state index contributed by atoms with van der Waals surface area (Å²) in [6.07, 6.45) is 14.0. The Balaban J connectivity index is 1.48. The molecule has 0 radical (unpaired) electrons. The largest absolute Gasteiger partial charge is 0.255 e. The summed E-state index contributed by atoms with van der Waals surface area (Å²) in [5, 5.41) is 3.78. The van der Waals surface area contributed by atoms with Crippen LogP contribution in [0.1, 0.15) is 70.3 Å². The lowest BCUT2D eigenvalue weighted by Crippen LogP contribution is -2.33. The van der Waals surface area contributed by atoms with E-state index in [4.69, 9.17) is 23.2 Å². The fourth-order valence-corrected chi connectivity index (χ4v) is 4.35. The molecule has 29 heavy (non-hydrogen) atoms. The van der Waals surface area contributed by atoms with Crippen LogP contribution in [0.2, 0.25) is 10.3 Å². The van der Waals surface area contributed by atoms with Crippen molar-refractivity contribution in [3.8, 4) is 0 Å². The minimum absolute atomic E-state index is 0.621. The van der Waals surface area contributed by atoms with Gasteiger partial charge < -0.3 is 0 Å². The highest BCUT2D eigenvalue weighted by Gasteiger charge is 2.20. The molecule has 0 saturated carbocycles. The summed E-state index contributed by atoms with van der Waals surface area (Å²) < 4.78 is 4.13. The molecule has 0 aliphatic carbocycles. The number of halogens is 2. The maximum absolute atomic E-state index is 6.52. The third-order valence-electron chi connectivity index (χ3n) is 5.62. The Kier molecular flexibility index (Phi) is 8.89. The molecule has 1 aromatic heterocycles. The Labute approximate surface area is 185 Å². The lowest BCUT2D eigenvalue weighted by molar-refractivity contribution is -0.685. The zero-order chi connectivity index (χ0) is 20.5. The fourth-order valence-electron chi connectivity index (χ4n) is 3.90. The molecule has 0 saturated heterocycles. The number of benzene rings is 2. The zero-order valence-corrected chi connectivity index (χ0v) is 19.1. The summed E-state index contributed by atoms with van der Waals surface area (Å²) in [6.45, 7) is 3.93. The summed E-state index contributed by atoms with van der Waals surface area (Å²) in [4.78, 5) is 0. The van der Waals surface area contributed by atoms with Crippen LogP contribution in [0.3, 0.4) is 0 Å². The van der Waals surface area contributed by atoms with Gasteiger partial charge in [-0.2, -0.15) is 0 Å². The van der Waals surface area contributed by atoms with E-state index in [0.717, 1.165) is 19.5 Å². The molecule has 2 nitrogen and oxygen atoms in total. The molecule has 0 aliphatic heterocycles. The number of fused-ring (bicyclic) bond motifs is 1. The van der Waals surface area contributed by atoms with Gasteiger partial charge in [0.15, 0.2) is 0 Å². The molecule has 0 aliphatic rings. The summed E-state index contributed by atoms with van der Waals surface area (Å²) >= 11 is 13.0. The van der Waals surface area contributed by atoms with Crippen LogP contribution in [0.25, 0.3) is 10.8 Å². The van der Waals surface area contributed by atoms with Crippen molar-refractivity contribution in [2.24, 2.45) is 0 Å². The van der Waals surface area contributed by atoms with Crippen LogP contribution in [0.5, 0.6) is 0 Å². The van der Waals surface area contributed by atoms with Crippen molar-refractivity contribution in [1.82, 2.24) is 4.57 Å². The van der Waals surface area contributed by atoms with Crippen molar-refractivity contribution >= 4 is 34.0 Å². The molecule has 1 heterocycles. The predicted octanol–water partition coefficient (Wildman–Crippen LogP) is 7.81. The molecule has 4 heteroatoms. The summed E-state index contributed by atoms with van der Waals surface area (Å²) in [6, 6.07) is 15.0. The standard InChI is InChI=1S/C25H33Cl2N2/c1-2-3-4-5-6-7-8-9-12-17-28-20-29(25(27)24(28)26)19-21-15-16-22-13-10-11-14-23(22)18-21/h10-11,13-16,18,20H,2-9,12,17,19H2,1H3/q+1.